The van der Waals surface area contributed by atoms with Gasteiger partial charge in [-0.05, 0) is 30.3 Å². The molecule has 0 bridgehead atoms. The Morgan fingerprint density at radius 2 is 1.53 bits per heavy atom. The topological polar surface area (TPSA) is 98.7 Å². The van der Waals surface area contributed by atoms with Gasteiger partial charge in [-0.3, -0.25) is 9.59 Å². The summed E-state index contributed by atoms with van der Waals surface area (Å²) in [5.41, 5.74) is -0.678. The van der Waals surface area contributed by atoms with Gasteiger partial charge >= 0.3 is 0 Å². The van der Waals surface area contributed by atoms with Crippen molar-refractivity contribution in [3.8, 4) is 5.75 Å². The van der Waals surface area contributed by atoms with Crippen LogP contribution in [0.5, 0.6) is 5.75 Å². The van der Waals surface area contributed by atoms with Gasteiger partial charge in [-0.15, -0.1) is 0 Å². The number of carbonyl (C=O) groups is 2. The predicted molar refractivity (Wildman–Crippen MR) is 106 cm³/mol. The Morgan fingerprint density at radius 1 is 0.844 bits per heavy atom. The number of hydrogen-bond acceptors (Lipinski definition) is 4. The van der Waals surface area contributed by atoms with Crippen molar-refractivity contribution in [3.05, 3.63) is 94.6 Å². The minimum absolute atomic E-state index is 0.0436. The first-order valence-electron chi connectivity index (χ1n) is 9.15. The lowest BCUT2D eigenvalue weighted by molar-refractivity contribution is 0.0911. The van der Waals surface area contributed by atoms with Crippen molar-refractivity contribution >= 4 is 17.5 Å². The van der Waals surface area contributed by atoms with E-state index in [2.05, 4.69) is 10.6 Å². The molecule has 0 aliphatic heterocycles. The molecule has 0 spiro atoms. The Labute approximate surface area is 179 Å². The summed E-state index contributed by atoms with van der Waals surface area (Å²) in [6.45, 7) is -0.426. The number of phenols is 1. The first kappa shape index (κ1) is 22.8. The molecule has 10 heteroatoms. The van der Waals surface area contributed by atoms with Gasteiger partial charge in [0.1, 0.15) is 29.0 Å². The molecule has 1 unspecified atom stereocenters. The van der Waals surface area contributed by atoms with Crippen LogP contribution in [-0.4, -0.2) is 28.6 Å². The van der Waals surface area contributed by atoms with Crippen molar-refractivity contribution in [1.82, 2.24) is 5.32 Å². The summed E-state index contributed by atoms with van der Waals surface area (Å²) in [6, 6.07) is 8.33. The molecule has 4 N–H and O–H groups in total. The van der Waals surface area contributed by atoms with Crippen LogP contribution >= 0.6 is 0 Å². The van der Waals surface area contributed by atoms with E-state index >= 15 is 0 Å². The van der Waals surface area contributed by atoms with E-state index < -0.39 is 53.5 Å². The van der Waals surface area contributed by atoms with E-state index in [1.165, 1.54) is 6.07 Å². The lowest BCUT2D eigenvalue weighted by Crippen LogP contribution is -2.28. The maximum atomic E-state index is 13.7. The van der Waals surface area contributed by atoms with E-state index in [4.69, 9.17) is 0 Å². The lowest BCUT2D eigenvalue weighted by atomic mass is 10.1. The Bertz CT molecular complexity index is 1170. The van der Waals surface area contributed by atoms with Gasteiger partial charge in [0.2, 0.25) is 0 Å². The van der Waals surface area contributed by atoms with Gasteiger partial charge in [0, 0.05) is 41.6 Å². The maximum Gasteiger partial charge on any atom is 0.255 e. The summed E-state index contributed by atoms with van der Waals surface area (Å²) >= 11 is 0. The molecule has 0 fully saturated rings. The highest BCUT2D eigenvalue weighted by Gasteiger charge is 2.18. The van der Waals surface area contributed by atoms with Gasteiger partial charge in [0.25, 0.3) is 11.8 Å². The van der Waals surface area contributed by atoms with Crippen molar-refractivity contribution in [1.29, 1.82) is 0 Å². The Balaban J connectivity index is 1.65. The molecule has 0 saturated carbocycles. The maximum absolute atomic E-state index is 13.7. The molecule has 3 rings (SSSR count). The smallest absolute Gasteiger partial charge is 0.255 e. The van der Waals surface area contributed by atoms with Crippen LogP contribution in [0.15, 0.2) is 54.6 Å². The summed E-state index contributed by atoms with van der Waals surface area (Å²) in [7, 11) is 0. The number of anilines is 1. The highest BCUT2D eigenvalue weighted by molar-refractivity contribution is 6.05. The number of carbonyl (C=O) groups excluding carboxylic acids is 2. The van der Waals surface area contributed by atoms with Crippen molar-refractivity contribution in [2.75, 3.05) is 11.9 Å². The van der Waals surface area contributed by atoms with Gasteiger partial charge in [-0.2, -0.15) is 0 Å². The zero-order valence-electron chi connectivity index (χ0n) is 16.2. The zero-order valence-corrected chi connectivity index (χ0v) is 16.2. The van der Waals surface area contributed by atoms with E-state index in [-0.39, 0.29) is 22.4 Å². The fourth-order valence-electron chi connectivity index (χ4n) is 2.86. The van der Waals surface area contributed by atoms with Crippen molar-refractivity contribution in [3.63, 3.8) is 0 Å². The van der Waals surface area contributed by atoms with Gasteiger partial charge in [0.15, 0.2) is 0 Å². The number of aliphatic hydroxyl groups is 1. The Kier molecular flexibility index (Phi) is 6.74. The SMILES string of the molecule is O=C(Nc1ccc(C(=O)NCC(O)c2ccc(F)cc2F)c(O)c1)c1cc(F)cc(F)c1. The van der Waals surface area contributed by atoms with Crippen molar-refractivity contribution < 1.29 is 37.4 Å². The summed E-state index contributed by atoms with van der Waals surface area (Å²) in [4.78, 5) is 24.4. The van der Waals surface area contributed by atoms with E-state index in [9.17, 15) is 37.4 Å². The van der Waals surface area contributed by atoms with Gasteiger partial charge in [-0.25, -0.2) is 17.6 Å². The van der Waals surface area contributed by atoms with Gasteiger partial charge in [0.05, 0.1) is 11.7 Å². The lowest BCUT2D eigenvalue weighted by Gasteiger charge is -2.14. The molecule has 6 nitrogen and oxygen atoms in total. The number of amides is 2. The third kappa shape index (κ3) is 5.41. The minimum atomic E-state index is -1.47. The molecule has 2 amide bonds. The molecule has 3 aromatic rings. The number of hydrogen-bond donors (Lipinski definition) is 4. The standard InChI is InChI=1S/C22H16F4N2O4/c23-12-1-3-16(18(26)8-12)20(30)10-27-22(32)17-4-2-15(9-19(17)29)28-21(31)11-5-13(24)7-14(25)6-11/h1-9,20,29-30H,10H2,(H,27,32)(H,28,31). The molecule has 32 heavy (non-hydrogen) atoms. The van der Waals surface area contributed by atoms with Crippen LogP contribution in [0.3, 0.4) is 0 Å². The number of halogens is 4. The highest BCUT2D eigenvalue weighted by Crippen LogP contribution is 2.23. The fourth-order valence-corrected chi connectivity index (χ4v) is 2.86. The average Bonchev–Trinajstić information content (AvgIpc) is 2.71. The molecular formula is C22H16F4N2O4. The van der Waals surface area contributed by atoms with Crippen LogP contribution in [0.4, 0.5) is 23.2 Å². The van der Waals surface area contributed by atoms with Crippen LogP contribution in [-0.2, 0) is 0 Å². The molecule has 0 heterocycles. The second-order valence-corrected chi connectivity index (χ2v) is 6.74. The quantitative estimate of drug-likeness (QED) is 0.433. The zero-order chi connectivity index (χ0) is 23.4. The molecule has 0 aliphatic rings. The van der Waals surface area contributed by atoms with Crippen LogP contribution < -0.4 is 10.6 Å². The van der Waals surface area contributed by atoms with E-state index in [1.807, 2.05) is 0 Å². The summed E-state index contributed by atoms with van der Waals surface area (Å²) in [5.74, 6) is -5.86. The largest absolute Gasteiger partial charge is 0.507 e. The molecule has 0 aromatic heterocycles. The molecule has 166 valence electrons. The van der Waals surface area contributed by atoms with Crippen molar-refractivity contribution in [2.24, 2.45) is 0 Å². The number of phenolic OH excluding ortho intramolecular Hbond substituents is 1. The number of rotatable bonds is 6. The van der Waals surface area contributed by atoms with E-state index in [0.717, 1.165) is 36.4 Å². The Morgan fingerprint density at radius 3 is 2.16 bits per heavy atom. The molecule has 0 radical (unpaired) electrons. The summed E-state index contributed by atoms with van der Waals surface area (Å²) in [5, 5.41) is 24.7. The molecule has 1 atom stereocenters. The van der Waals surface area contributed by atoms with E-state index in [0.29, 0.717) is 12.1 Å². The summed E-state index contributed by atoms with van der Waals surface area (Å²) < 4.78 is 53.2. The van der Waals surface area contributed by atoms with Crippen LogP contribution in [0, 0.1) is 23.3 Å². The third-order valence-electron chi connectivity index (χ3n) is 4.40. The van der Waals surface area contributed by atoms with Crippen molar-refractivity contribution in [2.45, 2.75) is 6.10 Å². The second-order valence-electron chi connectivity index (χ2n) is 6.74. The van der Waals surface area contributed by atoms with Gasteiger partial charge in [-0.1, -0.05) is 6.07 Å². The molecule has 0 saturated heterocycles. The normalized spacial score (nSPS) is 11.7. The monoisotopic (exact) mass is 448 g/mol. The first-order valence-corrected chi connectivity index (χ1v) is 9.15. The van der Waals surface area contributed by atoms with E-state index in [1.54, 1.807) is 0 Å². The average molecular weight is 448 g/mol. The first-order chi connectivity index (χ1) is 15.1. The highest BCUT2D eigenvalue weighted by atomic mass is 19.1. The molecule has 3 aromatic carbocycles. The predicted octanol–water partition coefficient (Wildman–Crippen LogP) is 3.66. The van der Waals surface area contributed by atoms with Crippen LogP contribution in [0.1, 0.15) is 32.4 Å². The fraction of sp³-hybridized carbons (Fsp3) is 0.0909. The minimum Gasteiger partial charge on any atom is -0.507 e. The van der Waals surface area contributed by atoms with Crippen LogP contribution in [0.25, 0.3) is 0 Å². The number of benzene rings is 3. The number of aromatic hydroxyl groups is 1. The summed E-state index contributed by atoms with van der Waals surface area (Å²) in [6.07, 6.45) is -1.47. The second kappa shape index (κ2) is 9.48. The number of nitrogens with one attached hydrogen (secondary N) is 2. The van der Waals surface area contributed by atoms with Crippen LogP contribution in [0.2, 0.25) is 0 Å². The molecular weight excluding hydrogens is 432 g/mol. The molecule has 0 aliphatic carbocycles. The third-order valence-corrected chi connectivity index (χ3v) is 4.40. The van der Waals surface area contributed by atoms with Gasteiger partial charge < -0.3 is 20.8 Å². The number of aliphatic hydroxyl groups excluding tert-OH is 1. The Hall–Kier alpha value is -3.92.